The Morgan fingerprint density at radius 3 is 2.56 bits per heavy atom. The third-order valence-electron chi connectivity index (χ3n) is 3.03. The first kappa shape index (κ1) is 13.4. The molecule has 2 nitrogen and oxygen atoms in total. The van der Waals surface area contributed by atoms with Gasteiger partial charge in [-0.15, -0.1) is 11.3 Å². The minimum absolute atomic E-state index is 0.131. The summed E-state index contributed by atoms with van der Waals surface area (Å²) in [7, 11) is 1.61. The Kier molecular flexibility index (Phi) is 3.95. The Bertz CT molecular complexity index is 545. The van der Waals surface area contributed by atoms with Crippen LogP contribution in [0.5, 0.6) is 5.75 Å². The third-order valence-corrected chi connectivity index (χ3v) is 4.57. The molecule has 0 saturated heterocycles. The van der Waals surface area contributed by atoms with Gasteiger partial charge in [0.2, 0.25) is 0 Å². The van der Waals surface area contributed by atoms with Crippen molar-refractivity contribution in [3.8, 4) is 5.75 Å². The van der Waals surface area contributed by atoms with E-state index in [0.29, 0.717) is 10.8 Å². The van der Waals surface area contributed by atoms with Crippen molar-refractivity contribution in [2.75, 3.05) is 7.11 Å². The molecule has 4 heteroatoms. The molecule has 0 aliphatic rings. The molecule has 1 atom stereocenters. The van der Waals surface area contributed by atoms with E-state index in [0.717, 1.165) is 10.4 Å². The van der Waals surface area contributed by atoms with Gasteiger partial charge in [0.25, 0.3) is 0 Å². The highest BCUT2D eigenvalue weighted by Gasteiger charge is 2.14. The van der Waals surface area contributed by atoms with Gasteiger partial charge in [0.1, 0.15) is 5.75 Å². The van der Waals surface area contributed by atoms with Crippen molar-refractivity contribution in [3.05, 3.63) is 50.2 Å². The van der Waals surface area contributed by atoms with Crippen LogP contribution in [-0.4, -0.2) is 7.11 Å². The van der Waals surface area contributed by atoms with Gasteiger partial charge in [0, 0.05) is 9.75 Å². The quantitative estimate of drug-likeness (QED) is 0.920. The van der Waals surface area contributed by atoms with E-state index in [9.17, 15) is 0 Å². The van der Waals surface area contributed by atoms with Gasteiger partial charge < -0.3 is 10.5 Å². The number of nitrogens with two attached hydrogens (primary N) is 1. The van der Waals surface area contributed by atoms with E-state index in [2.05, 4.69) is 19.9 Å². The largest absolute Gasteiger partial charge is 0.495 e. The number of rotatable bonds is 3. The van der Waals surface area contributed by atoms with Crippen molar-refractivity contribution in [2.24, 2.45) is 5.73 Å². The maximum atomic E-state index is 6.28. The number of hydrogen-bond acceptors (Lipinski definition) is 3. The lowest BCUT2D eigenvalue weighted by Gasteiger charge is -2.12. The molecule has 2 aromatic rings. The smallest absolute Gasteiger partial charge is 0.137 e. The number of benzene rings is 1. The van der Waals surface area contributed by atoms with Crippen LogP contribution in [0.3, 0.4) is 0 Å². The van der Waals surface area contributed by atoms with E-state index >= 15 is 0 Å². The number of hydrogen-bond donors (Lipinski definition) is 1. The normalized spacial score (nSPS) is 12.5. The second kappa shape index (κ2) is 5.31. The van der Waals surface area contributed by atoms with E-state index in [1.54, 1.807) is 18.4 Å². The first-order valence-electron chi connectivity index (χ1n) is 5.69. The molecule has 0 amide bonds. The van der Waals surface area contributed by atoms with Crippen LogP contribution in [0.2, 0.25) is 5.02 Å². The predicted octanol–water partition coefficient (Wildman–Crippen LogP) is 4.08. The van der Waals surface area contributed by atoms with Gasteiger partial charge in [0.05, 0.1) is 18.2 Å². The van der Waals surface area contributed by atoms with Crippen LogP contribution in [0, 0.1) is 13.8 Å². The highest BCUT2D eigenvalue weighted by Crippen LogP contribution is 2.33. The van der Waals surface area contributed by atoms with Gasteiger partial charge in [-0.1, -0.05) is 17.7 Å². The van der Waals surface area contributed by atoms with Gasteiger partial charge in [0.15, 0.2) is 0 Å². The molecule has 0 radical (unpaired) electrons. The summed E-state index contributed by atoms with van der Waals surface area (Å²) in [6.45, 7) is 4.21. The van der Waals surface area contributed by atoms with Crippen LogP contribution in [-0.2, 0) is 0 Å². The zero-order valence-corrected chi connectivity index (χ0v) is 12.2. The third kappa shape index (κ3) is 2.53. The summed E-state index contributed by atoms with van der Waals surface area (Å²) in [6.07, 6.45) is 0. The molecule has 1 aromatic heterocycles. The van der Waals surface area contributed by atoms with E-state index < -0.39 is 0 Å². The van der Waals surface area contributed by atoms with Gasteiger partial charge in [-0.25, -0.2) is 0 Å². The standard InChI is InChI=1S/C14H16ClNOS/c1-8-6-13(18-9(8)2)14(16)10-4-5-11(15)12(7-10)17-3/h4-7,14H,16H2,1-3H3. The lowest BCUT2D eigenvalue weighted by Crippen LogP contribution is -2.10. The average Bonchev–Trinajstić information content (AvgIpc) is 2.69. The molecule has 96 valence electrons. The number of aryl methyl sites for hydroxylation is 2. The Morgan fingerprint density at radius 1 is 1.28 bits per heavy atom. The molecule has 0 aliphatic carbocycles. The van der Waals surface area contributed by atoms with E-state index in [1.165, 1.54) is 10.4 Å². The van der Waals surface area contributed by atoms with Crippen LogP contribution in [0.4, 0.5) is 0 Å². The Labute approximate surface area is 116 Å². The SMILES string of the molecule is COc1cc(C(N)c2cc(C)c(C)s2)ccc1Cl. The molecule has 0 saturated carbocycles. The molecule has 0 spiro atoms. The van der Waals surface area contributed by atoms with E-state index in [-0.39, 0.29) is 6.04 Å². The zero-order chi connectivity index (χ0) is 13.3. The second-order valence-corrected chi connectivity index (χ2v) is 5.95. The molecule has 18 heavy (non-hydrogen) atoms. The summed E-state index contributed by atoms with van der Waals surface area (Å²) in [4.78, 5) is 2.47. The molecule has 2 rings (SSSR count). The van der Waals surface area contributed by atoms with Crippen molar-refractivity contribution in [3.63, 3.8) is 0 Å². The summed E-state index contributed by atoms with van der Waals surface area (Å²) in [5.74, 6) is 0.662. The summed E-state index contributed by atoms with van der Waals surface area (Å²) in [5.41, 5.74) is 8.58. The van der Waals surface area contributed by atoms with Crippen LogP contribution >= 0.6 is 22.9 Å². The maximum Gasteiger partial charge on any atom is 0.137 e. The molecule has 1 aromatic carbocycles. The van der Waals surface area contributed by atoms with Crippen molar-refractivity contribution < 1.29 is 4.74 Å². The molecule has 2 N–H and O–H groups in total. The van der Waals surface area contributed by atoms with E-state index in [4.69, 9.17) is 22.1 Å². The molecular weight excluding hydrogens is 266 g/mol. The lowest BCUT2D eigenvalue weighted by molar-refractivity contribution is 0.414. The monoisotopic (exact) mass is 281 g/mol. The van der Waals surface area contributed by atoms with Crippen LogP contribution in [0.1, 0.15) is 26.9 Å². The summed E-state index contributed by atoms with van der Waals surface area (Å²) < 4.78 is 5.22. The fourth-order valence-electron chi connectivity index (χ4n) is 1.79. The number of halogens is 1. The molecule has 1 unspecified atom stereocenters. The fourth-order valence-corrected chi connectivity index (χ4v) is 3.06. The van der Waals surface area contributed by atoms with Crippen molar-refractivity contribution in [2.45, 2.75) is 19.9 Å². The van der Waals surface area contributed by atoms with Crippen LogP contribution in [0.25, 0.3) is 0 Å². The van der Waals surface area contributed by atoms with Crippen molar-refractivity contribution >= 4 is 22.9 Å². The van der Waals surface area contributed by atoms with Gasteiger partial charge >= 0.3 is 0 Å². The zero-order valence-electron chi connectivity index (χ0n) is 10.7. The van der Waals surface area contributed by atoms with Crippen molar-refractivity contribution in [1.29, 1.82) is 0 Å². The van der Waals surface area contributed by atoms with Crippen LogP contribution < -0.4 is 10.5 Å². The molecule has 0 fully saturated rings. The lowest BCUT2D eigenvalue weighted by atomic mass is 10.1. The Hall–Kier alpha value is -1.03. The van der Waals surface area contributed by atoms with Gasteiger partial charge in [-0.3, -0.25) is 0 Å². The Morgan fingerprint density at radius 2 is 2.00 bits per heavy atom. The molecule has 0 bridgehead atoms. The van der Waals surface area contributed by atoms with Crippen LogP contribution in [0.15, 0.2) is 24.3 Å². The first-order chi connectivity index (χ1) is 8.52. The fraction of sp³-hybridized carbons (Fsp3) is 0.286. The number of thiophene rings is 1. The summed E-state index contributed by atoms with van der Waals surface area (Å²) in [6, 6.07) is 7.68. The van der Waals surface area contributed by atoms with E-state index in [1.807, 2.05) is 18.2 Å². The topological polar surface area (TPSA) is 35.2 Å². The first-order valence-corrected chi connectivity index (χ1v) is 6.88. The predicted molar refractivity (Wildman–Crippen MR) is 77.8 cm³/mol. The highest BCUT2D eigenvalue weighted by molar-refractivity contribution is 7.12. The molecular formula is C14H16ClNOS. The molecule has 0 aliphatic heterocycles. The Balaban J connectivity index is 2.36. The minimum atomic E-state index is -0.131. The number of methoxy groups -OCH3 is 1. The van der Waals surface area contributed by atoms with Gasteiger partial charge in [-0.05, 0) is 43.2 Å². The second-order valence-electron chi connectivity index (χ2n) is 4.26. The van der Waals surface area contributed by atoms with Gasteiger partial charge in [-0.2, -0.15) is 0 Å². The minimum Gasteiger partial charge on any atom is -0.495 e. The maximum absolute atomic E-state index is 6.28. The number of ether oxygens (including phenoxy) is 1. The highest BCUT2D eigenvalue weighted by atomic mass is 35.5. The summed E-state index contributed by atoms with van der Waals surface area (Å²) in [5, 5.41) is 0.604. The molecule has 1 heterocycles. The summed E-state index contributed by atoms with van der Waals surface area (Å²) >= 11 is 7.75. The average molecular weight is 282 g/mol. The van der Waals surface area contributed by atoms with Crippen molar-refractivity contribution in [1.82, 2.24) is 0 Å².